The average molecular weight is 355 g/mol. The van der Waals surface area contributed by atoms with E-state index in [4.69, 9.17) is 4.74 Å². The van der Waals surface area contributed by atoms with Crippen molar-refractivity contribution in [1.29, 1.82) is 0 Å². The molecule has 24 heavy (non-hydrogen) atoms. The van der Waals surface area contributed by atoms with Crippen molar-refractivity contribution in [3.8, 4) is 5.75 Å². The highest BCUT2D eigenvalue weighted by Crippen LogP contribution is 2.29. The molecule has 0 unspecified atom stereocenters. The molecule has 0 aliphatic heterocycles. The molecule has 0 aromatic heterocycles. The van der Waals surface area contributed by atoms with Crippen LogP contribution in [0.1, 0.15) is 51.1 Å². The van der Waals surface area contributed by atoms with Crippen LogP contribution in [0, 0.1) is 11.7 Å². The molecule has 1 saturated carbocycles. The highest BCUT2D eigenvalue weighted by Gasteiger charge is 2.20. The molecule has 1 aliphatic carbocycles. The van der Waals surface area contributed by atoms with Crippen LogP contribution in [0.15, 0.2) is 30.4 Å². The van der Waals surface area contributed by atoms with Crippen molar-refractivity contribution in [3.63, 3.8) is 0 Å². The molecule has 6 heteroatoms. The van der Waals surface area contributed by atoms with Gasteiger partial charge in [0.05, 0.1) is 12.4 Å². The van der Waals surface area contributed by atoms with Crippen LogP contribution in [-0.4, -0.2) is 20.8 Å². The van der Waals surface area contributed by atoms with Gasteiger partial charge in [-0.1, -0.05) is 24.6 Å². The van der Waals surface area contributed by atoms with Crippen LogP contribution >= 0.6 is 0 Å². The molecular formula is C18H26FNO3S. The summed E-state index contributed by atoms with van der Waals surface area (Å²) in [5.74, 6) is 0.324. The van der Waals surface area contributed by atoms with E-state index in [-0.39, 0.29) is 11.5 Å². The van der Waals surface area contributed by atoms with Gasteiger partial charge in [-0.2, -0.15) is 0 Å². The van der Waals surface area contributed by atoms with Crippen LogP contribution in [0.3, 0.4) is 0 Å². The Bertz CT molecular complexity index is 669. The van der Waals surface area contributed by atoms with Crippen molar-refractivity contribution in [2.24, 2.45) is 5.92 Å². The maximum atomic E-state index is 13.9. The van der Waals surface area contributed by atoms with Crippen molar-refractivity contribution in [2.75, 3.05) is 12.4 Å². The molecule has 1 fully saturated rings. The number of nitrogens with one attached hydrogen (secondary N) is 1. The van der Waals surface area contributed by atoms with Gasteiger partial charge in [0.25, 0.3) is 0 Å². The third-order valence-electron chi connectivity index (χ3n) is 4.30. The predicted octanol–water partition coefficient (Wildman–Crippen LogP) is 3.95. The lowest BCUT2D eigenvalue weighted by Gasteiger charge is -2.25. The molecule has 4 nitrogen and oxygen atoms in total. The Morgan fingerprint density at radius 2 is 2.17 bits per heavy atom. The summed E-state index contributed by atoms with van der Waals surface area (Å²) in [6.45, 7) is 4.12. The van der Waals surface area contributed by atoms with Gasteiger partial charge >= 0.3 is 0 Å². The molecule has 134 valence electrons. The summed E-state index contributed by atoms with van der Waals surface area (Å²) in [6.07, 6.45) is 7.58. The van der Waals surface area contributed by atoms with E-state index < -0.39 is 21.9 Å². The summed E-state index contributed by atoms with van der Waals surface area (Å²) >= 11 is 0. The molecule has 1 N–H and O–H groups in total. The molecule has 0 heterocycles. The van der Waals surface area contributed by atoms with E-state index in [0.29, 0.717) is 24.5 Å². The summed E-state index contributed by atoms with van der Waals surface area (Å²) in [5.41, 5.74) is 0.689. The Morgan fingerprint density at radius 3 is 2.79 bits per heavy atom. The fourth-order valence-corrected chi connectivity index (χ4v) is 3.79. The number of sulfonamides is 1. The van der Waals surface area contributed by atoms with Crippen molar-refractivity contribution in [1.82, 2.24) is 4.72 Å². The first-order valence-corrected chi connectivity index (χ1v) is 10.1. The van der Waals surface area contributed by atoms with Gasteiger partial charge < -0.3 is 4.74 Å². The van der Waals surface area contributed by atoms with E-state index >= 15 is 0 Å². The van der Waals surface area contributed by atoms with Gasteiger partial charge in [-0.25, -0.2) is 17.5 Å². The van der Waals surface area contributed by atoms with E-state index in [9.17, 15) is 12.8 Å². The third kappa shape index (κ3) is 5.60. The highest BCUT2D eigenvalue weighted by atomic mass is 32.2. The molecule has 0 spiro atoms. The van der Waals surface area contributed by atoms with Crippen LogP contribution in [0.2, 0.25) is 0 Å². The minimum atomic E-state index is -3.38. The molecule has 0 radical (unpaired) electrons. The van der Waals surface area contributed by atoms with Crippen molar-refractivity contribution >= 4 is 10.0 Å². The van der Waals surface area contributed by atoms with E-state index in [2.05, 4.69) is 4.72 Å². The Balaban J connectivity index is 1.98. The first-order valence-electron chi connectivity index (χ1n) is 8.44. The van der Waals surface area contributed by atoms with Crippen molar-refractivity contribution in [3.05, 3.63) is 41.7 Å². The number of ether oxygens (including phenoxy) is 1. The second kappa shape index (κ2) is 8.62. The van der Waals surface area contributed by atoms with Gasteiger partial charge in [-0.05, 0) is 56.7 Å². The lowest BCUT2D eigenvalue weighted by atomic mass is 9.86. The van der Waals surface area contributed by atoms with E-state index in [1.807, 2.05) is 19.1 Å². The standard InChI is InChI=1S/C18H26FNO3S/c1-3-4-5-11-24(21,22)20-14(2)16-9-10-17(19)18(12-16)23-13-15-7-6-8-15/h3-4,9-10,12,14-15,20H,5-8,11,13H2,1-2H3/b4-3+/t14-/m1/s1. The van der Waals surface area contributed by atoms with Gasteiger partial charge in [-0.15, -0.1) is 0 Å². The van der Waals surface area contributed by atoms with Gasteiger partial charge in [0, 0.05) is 6.04 Å². The van der Waals surface area contributed by atoms with Crippen LogP contribution < -0.4 is 9.46 Å². The quantitative estimate of drug-likeness (QED) is 0.682. The fraction of sp³-hybridized carbons (Fsp3) is 0.556. The summed E-state index contributed by atoms with van der Waals surface area (Å²) in [7, 11) is -3.38. The Kier molecular flexibility index (Phi) is 6.80. The van der Waals surface area contributed by atoms with E-state index in [0.717, 1.165) is 12.8 Å². The minimum Gasteiger partial charge on any atom is -0.490 e. The maximum Gasteiger partial charge on any atom is 0.212 e. The zero-order valence-corrected chi connectivity index (χ0v) is 15.1. The summed E-state index contributed by atoms with van der Waals surface area (Å²) in [4.78, 5) is 0. The number of halogens is 1. The molecule has 2 rings (SSSR count). The topological polar surface area (TPSA) is 55.4 Å². The fourth-order valence-electron chi connectivity index (χ4n) is 2.55. The van der Waals surface area contributed by atoms with Gasteiger partial charge in [-0.3, -0.25) is 0 Å². The summed E-state index contributed by atoms with van der Waals surface area (Å²) in [6, 6.07) is 4.07. The number of rotatable bonds is 9. The van der Waals surface area contributed by atoms with E-state index in [1.165, 1.54) is 12.5 Å². The molecule has 1 aliphatic rings. The molecule has 0 bridgehead atoms. The zero-order valence-electron chi connectivity index (χ0n) is 14.3. The Labute approximate surface area is 144 Å². The second-order valence-corrected chi connectivity index (χ2v) is 8.19. The number of hydrogen-bond donors (Lipinski definition) is 1. The predicted molar refractivity (Wildman–Crippen MR) is 94.0 cm³/mol. The van der Waals surface area contributed by atoms with Crippen LogP contribution in [0.4, 0.5) is 4.39 Å². The SMILES string of the molecule is C/C=C/CCS(=O)(=O)N[C@H](C)c1ccc(F)c(OCC2CCC2)c1. The normalized spacial score (nSPS) is 17.0. The second-order valence-electron chi connectivity index (χ2n) is 6.31. The molecule has 1 aromatic rings. The Morgan fingerprint density at radius 1 is 1.42 bits per heavy atom. The highest BCUT2D eigenvalue weighted by molar-refractivity contribution is 7.89. The maximum absolute atomic E-state index is 13.9. The molecule has 1 aromatic carbocycles. The molecular weight excluding hydrogens is 329 g/mol. The van der Waals surface area contributed by atoms with E-state index in [1.54, 1.807) is 19.1 Å². The van der Waals surface area contributed by atoms with Crippen LogP contribution in [-0.2, 0) is 10.0 Å². The zero-order chi connectivity index (χ0) is 17.6. The van der Waals surface area contributed by atoms with Crippen molar-refractivity contribution in [2.45, 2.75) is 45.6 Å². The first-order chi connectivity index (χ1) is 11.4. The summed E-state index contributed by atoms with van der Waals surface area (Å²) < 4.78 is 46.2. The van der Waals surface area contributed by atoms with Gasteiger partial charge in [0.15, 0.2) is 11.6 Å². The summed E-state index contributed by atoms with van der Waals surface area (Å²) in [5, 5.41) is 0. The smallest absolute Gasteiger partial charge is 0.212 e. The average Bonchev–Trinajstić information content (AvgIpc) is 2.47. The largest absolute Gasteiger partial charge is 0.490 e. The van der Waals surface area contributed by atoms with Crippen LogP contribution in [0.25, 0.3) is 0 Å². The van der Waals surface area contributed by atoms with Crippen molar-refractivity contribution < 1.29 is 17.5 Å². The molecule has 0 saturated heterocycles. The molecule has 0 amide bonds. The third-order valence-corrected chi connectivity index (χ3v) is 5.79. The monoisotopic (exact) mass is 355 g/mol. The first kappa shape index (κ1) is 18.9. The lowest BCUT2D eigenvalue weighted by Crippen LogP contribution is -2.29. The minimum absolute atomic E-state index is 0.0356. The van der Waals surface area contributed by atoms with Gasteiger partial charge in [0.1, 0.15) is 0 Å². The number of benzene rings is 1. The molecule has 1 atom stereocenters. The van der Waals surface area contributed by atoms with Crippen LogP contribution in [0.5, 0.6) is 5.75 Å². The Hall–Kier alpha value is -1.40. The number of allylic oxidation sites excluding steroid dienone is 2. The number of hydrogen-bond acceptors (Lipinski definition) is 3. The van der Waals surface area contributed by atoms with Gasteiger partial charge in [0.2, 0.25) is 10.0 Å². The lowest BCUT2D eigenvalue weighted by molar-refractivity contribution is 0.175.